The number of aliphatic hydroxyl groups is 1. The van der Waals surface area contributed by atoms with Crippen molar-refractivity contribution in [1.82, 2.24) is 10.2 Å². The Balaban J connectivity index is 1.66. The third kappa shape index (κ3) is 7.30. The maximum Gasteiger partial charge on any atom is 0.337 e. The summed E-state index contributed by atoms with van der Waals surface area (Å²) >= 11 is 1.16. The molecule has 10 nitrogen and oxygen atoms in total. The highest BCUT2D eigenvalue weighted by Crippen LogP contribution is 2.51. The highest BCUT2D eigenvalue weighted by molar-refractivity contribution is 7.10. The van der Waals surface area contributed by atoms with Gasteiger partial charge in [-0.05, 0) is 76.3 Å². The number of ether oxygens (including phenoxy) is 1. The Labute approximate surface area is 278 Å². The number of aliphatic carboxylic acids is 3. The largest absolute Gasteiger partial charge is 0.481 e. The molecule has 256 valence electrons. The quantitative estimate of drug-likeness (QED) is 0.160. The van der Waals surface area contributed by atoms with E-state index in [1.807, 2.05) is 31.2 Å². The van der Waals surface area contributed by atoms with Crippen LogP contribution in [0.5, 0.6) is 0 Å². The number of thiophene rings is 1. The summed E-state index contributed by atoms with van der Waals surface area (Å²) in [5, 5.41) is 42.9. The fourth-order valence-corrected chi connectivity index (χ4v) is 8.08. The Morgan fingerprint density at radius 1 is 1.13 bits per heavy atom. The number of aryl methyl sites for hydroxylation is 1. The Morgan fingerprint density at radius 2 is 1.83 bits per heavy atom. The lowest BCUT2D eigenvalue weighted by molar-refractivity contribution is -0.182. The lowest BCUT2D eigenvalue weighted by Crippen LogP contribution is -2.63. The van der Waals surface area contributed by atoms with Gasteiger partial charge in [0, 0.05) is 35.2 Å². The van der Waals surface area contributed by atoms with Gasteiger partial charge in [-0.3, -0.25) is 14.5 Å². The second kappa shape index (κ2) is 14.3. The molecule has 5 N–H and O–H groups in total. The third-order valence-corrected chi connectivity index (χ3v) is 11.1. The van der Waals surface area contributed by atoms with Crippen LogP contribution in [0.15, 0.2) is 66.4 Å². The maximum absolute atomic E-state index is 13.9. The maximum atomic E-state index is 13.9. The van der Waals surface area contributed by atoms with Gasteiger partial charge in [-0.1, -0.05) is 49.4 Å². The van der Waals surface area contributed by atoms with E-state index in [1.165, 1.54) is 19.1 Å². The fraction of sp³-hybridized carbons (Fsp3) is 0.514. The first-order valence-corrected chi connectivity index (χ1v) is 16.7. The molecule has 1 aromatic carbocycles. The molecule has 2 aliphatic rings. The van der Waals surface area contributed by atoms with Crippen LogP contribution in [0.25, 0.3) is 0 Å². The highest BCUT2D eigenvalue weighted by Gasteiger charge is 2.58. The molecular formula is C35H45FN2O8S. The van der Waals surface area contributed by atoms with Crippen molar-refractivity contribution < 1.29 is 43.9 Å². The minimum atomic E-state index is -3.07. The first-order valence-electron chi connectivity index (χ1n) is 15.9. The van der Waals surface area contributed by atoms with Crippen molar-refractivity contribution in [3.05, 3.63) is 82.0 Å². The summed E-state index contributed by atoms with van der Waals surface area (Å²) < 4.78 is 20.4. The monoisotopic (exact) mass is 672 g/mol. The van der Waals surface area contributed by atoms with Crippen molar-refractivity contribution in [2.75, 3.05) is 19.7 Å². The zero-order chi connectivity index (χ0) is 34.6. The number of rotatable bonds is 16. The predicted molar refractivity (Wildman–Crippen MR) is 175 cm³/mol. The molecule has 6 atom stereocenters. The minimum Gasteiger partial charge on any atom is -0.481 e. The number of halogens is 1. The van der Waals surface area contributed by atoms with Crippen molar-refractivity contribution in [2.24, 2.45) is 11.3 Å². The van der Waals surface area contributed by atoms with E-state index < -0.39 is 46.9 Å². The van der Waals surface area contributed by atoms with Crippen molar-refractivity contribution in [3.8, 4) is 0 Å². The smallest absolute Gasteiger partial charge is 0.337 e. The molecule has 47 heavy (non-hydrogen) atoms. The fourth-order valence-electron chi connectivity index (χ4n) is 7.35. The molecule has 2 aromatic rings. The average Bonchev–Trinajstić information content (AvgIpc) is 3.65. The van der Waals surface area contributed by atoms with Gasteiger partial charge in [0.25, 0.3) is 0 Å². The Hall–Kier alpha value is -3.58. The van der Waals surface area contributed by atoms with Crippen LogP contribution in [0, 0.1) is 16.5 Å². The van der Waals surface area contributed by atoms with Gasteiger partial charge in [0.15, 0.2) is 10.7 Å². The zero-order valence-corrected chi connectivity index (χ0v) is 28.1. The number of carboxylic acids is 3. The summed E-state index contributed by atoms with van der Waals surface area (Å²) in [7, 11) is 0. The Morgan fingerprint density at radius 3 is 2.34 bits per heavy atom. The number of carbonyl (C=O) groups is 3. The Bertz CT molecular complexity index is 1510. The lowest BCUT2D eigenvalue weighted by Gasteiger charge is -2.46. The molecule has 0 spiro atoms. The molecule has 0 radical (unpaired) electrons. The van der Waals surface area contributed by atoms with Crippen LogP contribution in [0.1, 0.15) is 69.9 Å². The number of likely N-dealkylation sites (tertiary alicyclic amines) is 1. The molecule has 12 heteroatoms. The van der Waals surface area contributed by atoms with Crippen LogP contribution in [-0.2, 0) is 25.5 Å². The Kier molecular flexibility index (Phi) is 11.0. The molecule has 1 aromatic heterocycles. The molecule has 0 bridgehead atoms. The van der Waals surface area contributed by atoms with E-state index in [1.54, 1.807) is 12.3 Å². The van der Waals surface area contributed by atoms with E-state index in [0.29, 0.717) is 26.0 Å². The summed E-state index contributed by atoms with van der Waals surface area (Å²) in [6.45, 7) is 9.49. The number of hydrogen-bond acceptors (Lipinski definition) is 8. The van der Waals surface area contributed by atoms with Crippen LogP contribution in [0.2, 0.25) is 0 Å². The summed E-state index contributed by atoms with van der Waals surface area (Å²) in [5.74, 6) is -7.24. The lowest BCUT2D eigenvalue weighted by atomic mass is 9.70. The summed E-state index contributed by atoms with van der Waals surface area (Å²) in [6.07, 6.45) is 6.37. The second-order valence-corrected chi connectivity index (χ2v) is 14.2. The number of benzene rings is 1. The van der Waals surface area contributed by atoms with Gasteiger partial charge in [-0.25, -0.2) is 4.79 Å². The van der Waals surface area contributed by atoms with E-state index in [2.05, 4.69) is 36.2 Å². The first-order chi connectivity index (χ1) is 22.1. The summed E-state index contributed by atoms with van der Waals surface area (Å²) in [5.41, 5.74) is -3.65. The van der Waals surface area contributed by atoms with Crippen LogP contribution in [0.4, 0.5) is 4.39 Å². The van der Waals surface area contributed by atoms with Gasteiger partial charge in [-0.15, -0.1) is 11.3 Å². The van der Waals surface area contributed by atoms with E-state index in [4.69, 9.17) is 4.74 Å². The minimum absolute atomic E-state index is 0.207. The van der Waals surface area contributed by atoms with Crippen molar-refractivity contribution >= 4 is 29.2 Å². The normalized spacial score (nSPS) is 25.2. The van der Waals surface area contributed by atoms with Gasteiger partial charge in [0.1, 0.15) is 5.92 Å². The molecule has 4 unspecified atom stereocenters. The van der Waals surface area contributed by atoms with Crippen LogP contribution in [-0.4, -0.2) is 79.6 Å². The standard InChI is InChI=1S/C35H45FN2O8S/c1-5-33(4,24-14-16-32(3,37-21-24)28(30(41)42)35(45,31(43)44)20-27(39)40)38-19-18-34(22-38,17-15-25-12-13-26(36)47-25)29(46-6-2)23-10-8-7-9-11-23/h7-14,16,21,28-29,37,45H,5-6,15,17-20,22H2,1-4H3,(H,39,40)(H,41,42)(H,43,44)/t28?,29-,32?,33?,34-,35?/m1/s1. The van der Waals surface area contributed by atoms with Gasteiger partial charge >= 0.3 is 17.9 Å². The number of hydrogen-bond donors (Lipinski definition) is 5. The van der Waals surface area contributed by atoms with Gasteiger partial charge in [0.2, 0.25) is 0 Å². The summed E-state index contributed by atoms with van der Waals surface area (Å²) in [4.78, 5) is 39.3. The van der Waals surface area contributed by atoms with Crippen molar-refractivity contribution in [1.29, 1.82) is 0 Å². The molecule has 1 saturated heterocycles. The predicted octanol–water partition coefficient (Wildman–Crippen LogP) is 5.25. The molecule has 4 rings (SSSR count). The van der Waals surface area contributed by atoms with Crippen LogP contribution < -0.4 is 5.32 Å². The average molecular weight is 673 g/mol. The topological polar surface area (TPSA) is 157 Å². The molecule has 1 fully saturated rings. The third-order valence-electron chi connectivity index (χ3n) is 10.1. The summed E-state index contributed by atoms with van der Waals surface area (Å²) in [6, 6.07) is 13.5. The van der Waals surface area contributed by atoms with Gasteiger partial charge < -0.3 is 30.5 Å². The zero-order valence-electron chi connectivity index (χ0n) is 27.2. The van der Waals surface area contributed by atoms with Crippen LogP contribution in [0.3, 0.4) is 0 Å². The SMILES string of the molecule is CCO[C@H](c1ccccc1)[C@]1(CCc2ccc(F)s2)CCN(C(C)(CC)C2=CNC(C)(C(C(=O)O)C(O)(CC(=O)O)C(=O)O)C=C2)C1. The number of nitrogens with one attached hydrogen (secondary N) is 1. The highest BCUT2D eigenvalue weighted by atomic mass is 32.1. The first kappa shape index (κ1) is 36.3. The van der Waals surface area contributed by atoms with E-state index in [9.17, 15) is 39.2 Å². The second-order valence-electron chi connectivity index (χ2n) is 13.0. The molecular weight excluding hydrogens is 627 g/mol. The molecule has 0 saturated carbocycles. The van der Waals surface area contributed by atoms with Crippen LogP contribution >= 0.6 is 11.3 Å². The molecule has 0 amide bonds. The van der Waals surface area contributed by atoms with Crippen molar-refractivity contribution in [3.63, 3.8) is 0 Å². The van der Waals surface area contributed by atoms with E-state index in [0.717, 1.165) is 46.7 Å². The van der Waals surface area contributed by atoms with E-state index >= 15 is 0 Å². The van der Waals surface area contributed by atoms with Gasteiger partial charge in [-0.2, -0.15) is 4.39 Å². The van der Waals surface area contributed by atoms with Gasteiger partial charge in [0.05, 0.1) is 18.1 Å². The molecule has 0 aliphatic carbocycles. The van der Waals surface area contributed by atoms with E-state index in [-0.39, 0.29) is 16.6 Å². The van der Waals surface area contributed by atoms with Crippen molar-refractivity contribution in [2.45, 2.75) is 82.6 Å². The molecule has 2 aliphatic heterocycles. The number of nitrogens with zero attached hydrogens (tertiary/aromatic N) is 1. The molecule has 3 heterocycles. The number of carboxylic acid groups (broad SMARTS) is 3. The number of dihydropyridines is 1.